The lowest BCUT2D eigenvalue weighted by molar-refractivity contribution is -0.132. The van der Waals surface area contributed by atoms with Crippen molar-refractivity contribution in [2.45, 2.75) is 30.6 Å². The Labute approximate surface area is 142 Å². The van der Waals surface area contributed by atoms with E-state index in [1.54, 1.807) is 11.8 Å². The Balaban J connectivity index is 1.64. The smallest absolute Gasteiger partial charge is 0.223 e. The van der Waals surface area contributed by atoms with Crippen LogP contribution in [-0.2, 0) is 4.79 Å². The fourth-order valence-corrected chi connectivity index (χ4v) is 3.73. The van der Waals surface area contributed by atoms with Crippen LogP contribution in [0.2, 0.25) is 5.02 Å². The van der Waals surface area contributed by atoms with Gasteiger partial charge in [0.05, 0.1) is 0 Å². The summed E-state index contributed by atoms with van der Waals surface area (Å²) in [4.78, 5) is 15.5. The van der Waals surface area contributed by atoms with Gasteiger partial charge in [-0.2, -0.15) is 0 Å². The van der Waals surface area contributed by atoms with Gasteiger partial charge in [-0.3, -0.25) is 4.79 Å². The van der Waals surface area contributed by atoms with Crippen LogP contribution < -0.4 is 5.32 Å². The van der Waals surface area contributed by atoms with E-state index in [0.717, 1.165) is 49.2 Å². The van der Waals surface area contributed by atoms with Crippen molar-refractivity contribution in [2.24, 2.45) is 5.92 Å². The predicted octanol–water partition coefficient (Wildman–Crippen LogP) is 3.67. The van der Waals surface area contributed by atoms with Crippen LogP contribution in [0.15, 0.2) is 29.2 Å². The molecule has 1 amide bonds. The second-order valence-corrected chi connectivity index (χ2v) is 7.37. The molecule has 122 valence electrons. The largest absolute Gasteiger partial charge is 0.343 e. The minimum Gasteiger partial charge on any atom is -0.343 e. The zero-order valence-electron chi connectivity index (χ0n) is 13.2. The highest BCUT2D eigenvalue weighted by Gasteiger charge is 2.21. The first kappa shape index (κ1) is 17.6. The van der Waals surface area contributed by atoms with Gasteiger partial charge in [-0.05, 0) is 63.0 Å². The normalized spacial score (nSPS) is 16.0. The van der Waals surface area contributed by atoms with E-state index in [1.807, 2.05) is 36.2 Å². The van der Waals surface area contributed by atoms with Gasteiger partial charge in [0.1, 0.15) is 0 Å². The molecule has 0 spiro atoms. The summed E-state index contributed by atoms with van der Waals surface area (Å²) in [5.74, 6) is 1.91. The standard InChI is InChI=1S/C17H25ClN2OS/c1-19-10-6-14-7-11-20(12-8-14)17(21)9-13-22-16-4-2-15(18)3-5-16/h2-5,14,19H,6-13H2,1H3. The molecule has 0 unspecified atom stereocenters. The molecule has 1 aliphatic rings. The number of nitrogens with one attached hydrogen (secondary N) is 1. The van der Waals surface area contributed by atoms with Crippen LogP contribution in [-0.4, -0.2) is 43.2 Å². The number of hydrogen-bond acceptors (Lipinski definition) is 3. The van der Waals surface area contributed by atoms with Gasteiger partial charge in [-0.1, -0.05) is 11.6 Å². The van der Waals surface area contributed by atoms with Crippen molar-refractivity contribution < 1.29 is 4.79 Å². The molecule has 1 aromatic rings. The maximum absolute atomic E-state index is 12.2. The maximum atomic E-state index is 12.2. The Morgan fingerprint density at radius 2 is 2.00 bits per heavy atom. The molecule has 5 heteroatoms. The summed E-state index contributed by atoms with van der Waals surface area (Å²) in [5, 5.41) is 3.96. The monoisotopic (exact) mass is 340 g/mol. The summed E-state index contributed by atoms with van der Waals surface area (Å²) in [6, 6.07) is 7.79. The minimum absolute atomic E-state index is 0.300. The lowest BCUT2D eigenvalue weighted by Crippen LogP contribution is -2.39. The van der Waals surface area contributed by atoms with Crippen LogP contribution in [0, 0.1) is 5.92 Å². The molecule has 2 rings (SSSR count). The highest BCUT2D eigenvalue weighted by Crippen LogP contribution is 2.23. The first-order valence-corrected chi connectivity index (χ1v) is 9.36. The molecular weight excluding hydrogens is 316 g/mol. The number of carbonyl (C=O) groups excluding carboxylic acids is 1. The number of carbonyl (C=O) groups is 1. The van der Waals surface area contributed by atoms with E-state index in [-0.39, 0.29) is 0 Å². The lowest BCUT2D eigenvalue weighted by atomic mass is 9.93. The second-order valence-electron chi connectivity index (χ2n) is 5.77. The Bertz CT molecular complexity index is 458. The summed E-state index contributed by atoms with van der Waals surface area (Å²) in [6.45, 7) is 2.94. The highest BCUT2D eigenvalue weighted by atomic mass is 35.5. The molecule has 0 bridgehead atoms. The number of halogens is 1. The Hall–Kier alpha value is -0.710. The summed E-state index contributed by atoms with van der Waals surface area (Å²) < 4.78 is 0. The number of likely N-dealkylation sites (tertiary alicyclic amines) is 1. The van der Waals surface area contributed by atoms with E-state index < -0.39 is 0 Å². The van der Waals surface area contributed by atoms with E-state index in [9.17, 15) is 4.79 Å². The number of piperidine rings is 1. The van der Waals surface area contributed by atoms with Crippen LogP contribution >= 0.6 is 23.4 Å². The van der Waals surface area contributed by atoms with Crippen molar-refractivity contribution in [3.8, 4) is 0 Å². The Kier molecular flexibility index (Phi) is 7.56. The van der Waals surface area contributed by atoms with E-state index in [0.29, 0.717) is 12.3 Å². The predicted molar refractivity (Wildman–Crippen MR) is 94.6 cm³/mol. The molecular formula is C17H25ClN2OS. The summed E-state index contributed by atoms with van der Waals surface area (Å²) in [7, 11) is 2.00. The van der Waals surface area contributed by atoms with Crippen LogP contribution in [0.3, 0.4) is 0 Å². The van der Waals surface area contributed by atoms with Gasteiger partial charge in [-0.15, -0.1) is 11.8 Å². The van der Waals surface area contributed by atoms with Crippen LogP contribution in [0.4, 0.5) is 0 Å². The third-order valence-electron chi connectivity index (χ3n) is 4.17. The van der Waals surface area contributed by atoms with Gasteiger partial charge >= 0.3 is 0 Å². The highest BCUT2D eigenvalue weighted by molar-refractivity contribution is 7.99. The topological polar surface area (TPSA) is 32.3 Å². The van der Waals surface area contributed by atoms with Gasteiger partial charge in [0, 0.05) is 35.2 Å². The van der Waals surface area contributed by atoms with Crippen molar-refractivity contribution in [1.29, 1.82) is 0 Å². The van der Waals surface area contributed by atoms with Crippen molar-refractivity contribution in [3.05, 3.63) is 29.3 Å². The molecule has 1 saturated heterocycles. The van der Waals surface area contributed by atoms with Crippen molar-refractivity contribution in [3.63, 3.8) is 0 Å². The number of amides is 1. The van der Waals surface area contributed by atoms with Crippen molar-refractivity contribution in [1.82, 2.24) is 10.2 Å². The zero-order chi connectivity index (χ0) is 15.8. The molecule has 0 atom stereocenters. The van der Waals surface area contributed by atoms with E-state index in [2.05, 4.69) is 5.32 Å². The molecule has 3 nitrogen and oxygen atoms in total. The fraction of sp³-hybridized carbons (Fsp3) is 0.588. The molecule has 1 fully saturated rings. The molecule has 1 N–H and O–H groups in total. The molecule has 0 aromatic heterocycles. The lowest BCUT2D eigenvalue weighted by Gasteiger charge is -2.32. The molecule has 1 heterocycles. The number of hydrogen-bond donors (Lipinski definition) is 1. The third kappa shape index (κ3) is 5.82. The fourth-order valence-electron chi connectivity index (χ4n) is 2.76. The van der Waals surface area contributed by atoms with Gasteiger partial charge in [0.25, 0.3) is 0 Å². The molecule has 1 aliphatic heterocycles. The number of thioether (sulfide) groups is 1. The van der Waals surface area contributed by atoms with E-state index in [1.165, 1.54) is 11.3 Å². The van der Waals surface area contributed by atoms with Gasteiger partial charge in [-0.25, -0.2) is 0 Å². The Morgan fingerprint density at radius 1 is 1.32 bits per heavy atom. The summed E-state index contributed by atoms with van der Waals surface area (Å²) >= 11 is 7.59. The van der Waals surface area contributed by atoms with E-state index in [4.69, 9.17) is 11.6 Å². The summed E-state index contributed by atoms with van der Waals surface area (Å²) in [6.07, 6.45) is 4.15. The Morgan fingerprint density at radius 3 is 2.64 bits per heavy atom. The third-order valence-corrected chi connectivity index (χ3v) is 5.43. The number of nitrogens with zero attached hydrogens (tertiary/aromatic N) is 1. The minimum atomic E-state index is 0.300. The number of benzene rings is 1. The van der Waals surface area contributed by atoms with Crippen LogP contribution in [0.25, 0.3) is 0 Å². The molecule has 0 radical (unpaired) electrons. The molecule has 22 heavy (non-hydrogen) atoms. The summed E-state index contributed by atoms with van der Waals surface area (Å²) in [5.41, 5.74) is 0. The van der Waals surface area contributed by atoms with Gasteiger partial charge in [0.2, 0.25) is 5.91 Å². The van der Waals surface area contributed by atoms with Crippen molar-refractivity contribution in [2.75, 3.05) is 32.4 Å². The SMILES string of the molecule is CNCCC1CCN(C(=O)CCSc2ccc(Cl)cc2)CC1. The molecule has 0 aliphatic carbocycles. The average Bonchev–Trinajstić information content (AvgIpc) is 2.55. The van der Waals surface area contributed by atoms with Gasteiger partial charge in [0.15, 0.2) is 0 Å². The molecule has 0 saturated carbocycles. The van der Waals surface area contributed by atoms with E-state index >= 15 is 0 Å². The second kappa shape index (κ2) is 9.43. The van der Waals surface area contributed by atoms with Crippen molar-refractivity contribution >= 4 is 29.3 Å². The molecule has 1 aromatic carbocycles. The van der Waals surface area contributed by atoms with Crippen LogP contribution in [0.1, 0.15) is 25.7 Å². The quantitative estimate of drug-likeness (QED) is 0.769. The average molecular weight is 341 g/mol. The first-order chi connectivity index (χ1) is 10.7. The zero-order valence-corrected chi connectivity index (χ0v) is 14.8. The van der Waals surface area contributed by atoms with Crippen LogP contribution in [0.5, 0.6) is 0 Å². The maximum Gasteiger partial charge on any atom is 0.223 e. The number of rotatable bonds is 7. The van der Waals surface area contributed by atoms with Gasteiger partial charge < -0.3 is 10.2 Å². The first-order valence-electron chi connectivity index (χ1n) is 8.00.